The third kappa shape index (κ3) is 10.4. The molecule has 0 saturated heterocycles. The van der Waals surface area contributed by atoms with E-state index in [1.54, 1.807) is 12.1 Å². The molecule has 2 N–H and O–H groups in total. The number of alkyl halides is 3. The zero-order valence-corrected chi connectivity index (χ0v) is 21.7. The van der Waals surface area contributed by atoms with Crippen molar-refractivity contribution in [3.8, 4) is 0 Å². The van der Waals surface area contributed by atoms with Gasteiger partial charge in [0.2, 0.25) is 0 Å². The summed E-state index contributed by atoms with van der Waals surface area (Å²) in [6.45, 7) is 9.40. The van der Waals surface area contributed by atoms with E-state index in [0.717, 1.165) is 17.9 Å². The number of nitrogens with zero attached hydrogens (tertiary/aromatic N) is 1. The minimum Gasteiger partial charge on any atom is -0.398 e. The maximum Gasteiger partial charge on any atom is 0.416 e. The summed E-state index contributed by atoms with van der Waals surface area (Å²) in [7, 11) is 2.07. The molecule has 0 atom stereocenters. The van der Waals surface area contributed by atoms with Crippen LogP contribution in [0, 0.1) is 6.92 Å². The average Bonchev–Trinajstić information content (AvgIpc) is 2.80. The topological polar surface area (TPSA) is 63.4 Å². The molecule has 4 nitrogen and oxygen atoms in total. The lowest BCUT2D eigenvalue weighted by Crippen LogP contribution is -2.33. The van der Waals surface area contributed by atoms with Crippen molar-refractivity contribution in [1.29, 1.82) is 0 Å². The van der Waals surface area contributed by atoms with E-state index in [-0.39, 0.29) is 12.0 Å². The van der Waals surface area contributed by atoms with Crippen molar-refractivity contribution >= 4 is 24.3 Å². The standard InChI is InChI=1S/C14H18N2O.C10H9F3O.2C2H6/c1-16(12-5-3-6-12)9-8-13-11(10-17)4-2-7-14(13)15;1-7-2-3-8(4-5-14)6-9(7)10(11,12)13;2*1-2/h2,4,7-10,12H,3,5-6,15H2,1H3;2-3,5-6H,4H2,1H3;2*1-2H3/b9-8-;;;. The summed E-state index contributed by atoms with van der Waals surface area (Å²) in [5.41, 5.74) is 7.87. The fourth-order valence-corrected chi connectivity index (χ4v) is 3.20. The maximum absolute atomic E-state index is 12.4. The molecule has 0 amide bonds. The normalized spacial score (nSPS) is 12.6. The summed E-state index contributed by atoms with van der Waals surface area (Å²) in [4.78, 5) is 23.3. The van der Waals surface area contributed by atoms with Crippen molar-refractivity contribution < 1.29 is 22.8 Å². The minimum atomic E-state index is -4.34. The Morgan fingerprint density at radius 1 is 1.06 bits per heavy atom. The van der Waals surface area contributed by atoms with Gasteiger partial charge < -0.3 is 15.4 Å². The second kappa shape index (κ2) is 16.5. The van der Waals surface area contributed by atoms with Gasteiger partial charge in [0.25, 0.3) is 0 Å². The van der Waals surface area contributed by atoms with E-state index in [4.69, 9.17) is 5.73 Å². The number of nitrogen functional groups attached to an aromatic ring is 1. The molecule has 7 heteroatoms. The summed E-state index contributed by atoms with van der Waals surface area (Å²) < 4.78 is 37.1. The van der Waals surface area contributed by atoms with Crippen LogP contribution in [0.25, 0.3) is 6.08 Å². The summed E-state index contributed by atoms with van der Waals surface area (Å²) >= 11 is 0. The number of hydrogen-bond donors (Lipinski definition) is 1. The summed E-state index contributed by atoms with van der Waals surface area (Å²) in [5, 5.41) is 0. The van der Waals surface area contributed by atoms with Crippen molar-refractivity contribution in [1.82, 2.24) is 4.90 Å². The van der Waals surface area contributed by atoms with Crippen LogP contribution in [0.15, 0.2) is 42.6 Å². The molecule has 2 aromatic rings. The maximum atomic E-state index is 12.4. The molecule has 0 aliphatic heterocycles. The minimum absolute atomic E-state index is 0.0172. The first-order chi connectivity index (χ1) is 16.7. The van der Waals surface area contributed by atoms with Gasteiger partial charge >= 0.3 is 6.18 Å². The van der Waals surface area contributed by atoms with Crippen molar-refractivity contribution in [2.24, 2.45) is 0 Å². The van der Waals surface area contributed by atoms with Crippen LogP contribution in [0.1, 0.15) is 79.6 Å². The lowest BCUT2D eigenvalue weighted by atomic mass is 9.92. The third-order valence-electron chi connectivity index (χ3n) is 5.35. The Labute approximate surface area is 208 Å². The number of carbonyl (C=O) groups excluding carboxylic acids is 2. The molecular formula is C28H39F3N2O2. The lowest BCUT2D eigenvalue weighted by Gasteiger charge is -2.33. The zero-order valence-electron chi connectivity index (χ0n) is 21.7. The van der Waals surface area contributed by atoms with E-state index in [2.05, 4.69) is 11.9 Å². The van der Waals surface area contributed by atoms with Gasteiger partial charge in [0, 0.05) is 36.3 Å². The van der Waals surface area contributed by atoms with Crippen LogP contribution in [0.4, 0.5) is 18.9 Å². The summed E-state index contributed by atoms with van der Waals surface area (Å²) in [5.74, 6) is 0. The largest absolute Gasteiger partial charge is 0.416 e. The van der Waals surface area contributed by atoms with Gasteiger partial charge in [-0.25, -0.2) is 0 Å². The number of benzene rings is 2. The molecule has 1 fully saturated rings. The number of anilines is 1. The number of aryl methyl sites for hydroxylation is 1. The fourth-order valence-electron chi connectivity index (χ4n) is 3.20. The molecular weight excluding hydrogens is 453 g/mol. The predicted octanol–water partition coefficient (Wildman–Crippen LogP) is 7.34. The van der Waals surface area contributed by atoms with Crippen LogP contribution >= 0.6 is 0 Å². The molecule has 0 spiro atoms. The van der Waals surface area contributed by atoms with Gasteiger partial charge in [0.15, 0.2) is 6.29 Å². The van der Waals surface area contributed by atoms with Crippen LogP contribution in [0.2, 0.25) is 0 Å². The number of hydrogen-bond acceptors (Lipinski definition) is 4. The molecule has 1 aliphatic rings. The summed E-state index contributed by atoms with van der Waals surface area (Å²) in [6, 6.07) is 9.97. The zero-order chi connectivity index (χ0) is 27.0. The molecule has 0 bridgehead atoms. The van der Waals surface area contributed by atoms with E-state index >= 15 is 0 Å². The molecule has 1 saturated carbocycles. The van der Waals surface area contributed by atoms with Crippen molar-refractivity contribution in [2.45, 2.75) is 72.5 Å². The molecule has 3 rings (SSSR count). The van der Waals surface area contributed by atoms with E-state index < -0.39 is 11.7 Å². The smallest absolute Gasteiger partial charge is 0.398 e. The van der Waals surface area contributed by atoms with Gasteiger partial charge in [-0.2, -0.15) is 13.2 Å². The highest BCUT2D eigenvalue weighted by molar-refractivity contribution is 5.86. The molecule has 0 aromatic heterocycles. The van der Waals surface area contributed by atoms with Gasteiger partial charge in [-0.3, -0.25) is 4.79 Å². The van der Waals surface area contributed by atoms with Crippen LogP contribution in [-0.4, -0.2) is 30.6 Å². The average molecular weight is 493 g/mol. The summed E-state index contributed by atoms with van der Waals surface area (Å²) in [6.07, 6.45) is 4.88. The highest BCUT2D eigenvalue weighted by Gasteiger charge is 2.32. The quantitative estimate of drug-likeness (QED) is 0.338. The Hall–Kier alpha value is -3.09. The van der Waals surface area contributed by atoms with Crippen molar-refractivity contribution in [3.05, 3.63) is 70.4 Å². The van der Waals surface area contributed by atoms with Gasteiger partial charge in [-0.1, -0.05) is 52.0 Å². The number of nitrogens with two attached hydrogens (primary N) is 1. The second-order valence-electron chi connectivity index (χ2n) is 7.55. The first-order valence-electron chi connectivity index (χ1n) is 12.0. The molecule has 194 valence electrons. The fraction of sp³-hybridized carbons (Fsp3) is 0.429. The van der Waals surface area contributed by atoms with E-state index in [1.165, 1.54) is 38.3 Å². The Morgan fingerprint density at radius 2 is 1.69 bits per heavy atom. The van der Waals surface area contributed by atoms with Crippen LogP contribution in [-0.2, 0) is 17.4 Å². The molecule has 0 heterocycles. The monoisotopic (exact) mass is 492 g/mol. The van der Waals surface area contributed by atoms with Crippen molar-refractivity contribution in [3.63, 3.8) is 0 Å². The second-order valence-corrected chi connectivity index (χ2v) is 7.55. The predicted molar refractivity (Wildman–Crippen MR) is 139 cm³/mol. The van der Waals surface area contributed by atoms with Gasteiger partial charge in [-0.05, 0) is 61.7 Å². The molecule has 2 aromatic carbocycles. The van der Waals surface area contributed by atoms with E-state index in [0.29, 0.717) is 29.1 Å². The number of rotatable bonds is 6. The Morgan fingerprint density at radius 3 is 2.17 bits per heavy atom. The Kier molecular flexibility index (Phi) is 15.1. The molecule has 35 heavy (non-hydrogen) atoms. The molecule has 1 aliphatic carbocycles. The molecule has 0 unspecified atom stereocenters. The van der Waals surface area contributed by atoms with Crippen LogP contribution < -0.4 is 5.73 Å². The van der Waals surface area contributed by atoms with E-state index in [9.17, 15) is 22.8 Å². The highest BCUT2D eigenvalue weighted by atomic mass is 19.4. The molecule has 0 radical (unpaired) electrons. The van der Waals surface area contributed by atoms with E-state index in [1.807, 2.05) is 46.0 Å². The number of halogens is 3. The lowest BCUT2D eigenvalue weighted by molar-refractivity contribution is -0.138. The van der Waals surface area contributed by atoms with Crippen LogP contribution in [0.3, 0.4) is 0 Å². The Balaban J connectivity index is 0.000000587. The Bertz CT molecular complexity index is 936. The van der Waals surface area contributed by atoms with Gasteiger partial charge in [0.1, 0.15) is 6.29 Å². The van der Waals surface area contributed by atoms with Crippen molar-refractivity contribution in [2.75, 3.05) is 12.8 Å². The van der Waals surface area contributed by atoms with Gasteiger partial charge in [-0.15, -0.1) is 0 Å². The van der Waals surface area contributed by atoms with Crippen LogP contribution in [0.5, 0.6) is 0 Å². The number of aldehydes is 2. The first kappa shape index (κ1) is 31.9. The van der Waals surface area contributed by atoms with Gasteiger partial charge in [0.05, 0.1) is 5.56 Å². The first-order valence-corrected chi connectivity index (χ1v) is 12.0. The highest BCUT2D eigenvalue weighted by Crippen LogP contribution is 2.32. The SMILES string of the molecule is CC.CC.CN(/C=C\c1c(N)cccc1C=O)C1CCC1.Cc1ccc(CC=O)cc1C(F)(F)F. The third-order valence-corrected chi connectivity index (χ3v) is 5.35. The number of carbonyl (C=O) groups is 2.